The van der Waals surface area contributed by atoms with Gasteiger partial charge in [-0.1, -0.05) is 11.6 Å². The van der Waals surface area contributed by atoms with Crippen LogP contribution in [0.5, 0.6) is 0 Å². The van der Waals surface area contributed by atoms with E-state index in [1.807, 2.05) is 37.2 Å². The van der Waals surface area contributed by atoms with Crippen molar-refractivity contribution < 1.29 is 4.79 Å². The predicted octanol–water partition coefficient (Wildman–Crippen LogP) is 0.827. The standard InChI is InChI=1S/C23H37N7O3/c1-7-28(8-2)18(31)14-24-17-10-9-12-29(15-17)22-25-20-19(30(22)13-11-16(3)4)21(32)27(6)23(33)26(20)5/h11,17,24H,7-10,12-15H2,1-6H3. The summed E-state index contributed by atoms with van der Waals surface area (Å²) >= 11 is 0. The van der Waals surface area contributed by atoms with Crippen molar-refractivity contribution >= 4 is 23.0 Å². The quantitative estimate of drug-likeness (QED) is 0.587. The second-order valence-corrected chi connectivity index (χ2v) is 8.91. The third kappa shape index (κ3) is 5.05. The lowest BCUT2D eigenvalue weighted by atomic mass is 10.1. The maximum absolute atomic E-state index is 13.0. The SMILES string of the molecule is CCN(CC)C(=O)CNC1CCCN(c2nc3c(c(=O)n(C)c(=O)n3C)n2CC=C(C)C)C1. The van der Waals surface area contributed by atoms with Crippen LogP contribution in [0.3, 0.4) is 0 Å². The van der Waals surface area contributed by atoms with Gasteiger partial charge in [0.25, 0.3) is 5.56 Å². The van der Waals surface area contributed by atoms with Crippen LogP contribution in [0.2, 0.25) is 0 Å². The van der Waals surface area contributed by atoms with Crippen LogP contribution < -0.4 is 21.5 Å². The molecule has 10 nitrogen and oxygen atoms in total. The van der Waals surface area contributed by atoms with E-state index in [4.69, 9.17) is 4.98 Å². The van der Waals surface area contributed by atoms with Gasteiger partial charge in [0, 0.05) is 52.9 Å². The van der Waals surface area contributed by atoms with Crippen molar-refractivity contribution in [2.45, 2.75) is 53.1 Å². The number of hydrogen-bond acceptors (Lipinski definition) is 6. The molecule has 3 heterocycles. The van der Waals surface area contributed by atoms with E-state index in [0.717, 1.165) is 29.5 Å². The summed E-state index contributed by atoms with van der Waals surface area (Å²) in [4.78, 5) is 46.7. The van der Waals surface area contributed by atoms with Crippen LogP contribution in [0.1, 0.15) is 40.5 Å². The van der Waals surface area contributed by atoms with Gasteiger partial charge in [-0.25, -0.2) is 4.79 Å². The Morgan fingerprint density at radius 3 is 2.52 bits per heavy atom. The van der Waals surface area contributed by atoms with Gasteiger partial charge in [0.05, 0.1) is 6.54 Å². The van der Waals surface area contributed by atoms with Gasteiger partial charge in [0.15, 0.2) is 11.2 Å². The summed E-state index contributed by atoms with van der Waals surface area (Å²) in [5, 5.41) is 3.41. The highest BCUT2D eigenvalue weighted by Gasteiger charge is 2.27. The fourth-order valence-corrected chi connectivity index (χ4v) is 4.37. The number of piperidine rings is 1. The van der Waals surface area contributed by atoms with Gasteiger partial charge in [-0.3, -0.25) is 18.7 Å². The van der Waals surface area contributed by atoms with E-state index in [9.17, 15) is 14.4 Å². The second kappa shape index (κ2) is 10.4. The van der Waals surface area contributed by atoms with E-state index in [1.54, 1.807) is 7.05 Å². The molecule has 0 aromatic carbocycles. The summed E-state index contributed by atoms with van der Waals surface area (Å²) < 4.78 is 4.47. The number of anilines is 1. The van der Waals surface area contributed by atoms with Crippen molar-refractivity contribution in [3.05, 3.63) is 32.5 Å². The van der Waals surface area contributed by atoms with Gasteiger partial charge in [0.2, 0.25) is 11.9 Å². The molecule has 10 heteroatoms. The maximum Gasteiger partial charge on any atom is 0.332 e. The second-order valence-electron chi connectivity index (χ2n) is 8.91. The number of aromatic nitrogens is 4. The summed E-state index contributed by atoms with van der Waals surface area (Å²) in [5.41, 5.74) is 1.23. The van der Waals surface area contributed by atoms with Gasteiger partial charge in [-0.05, 0) is 40.5 Å². The number of nitrogens with one attached hydrogen (secondary N) is 1. The van der Waals surface area contributed by atoms with Crippen molar-refractivity contribution in [3.63, 3.8) is 0 Å². The Labute approximate surface area is 194 Å². The molecule has 182 valence electrons. The number of allylic oxidation sites excluding steroid dienone is 2. The van der Waals surface area contributed by atoms with Crippen LogP contribution in [-0.4, -0.2) is 68.3 Å². The largest absolute Gasteiger partial charge is 0.342 e. The van der Waals surface area contributed by atoms with Crippen molar-refractivity contribution in [2.24, 2.45) is 14.1 Å². The molecule has 1 unspecified atom stereocenters. The molecule has 0 radical (unpaired) electrons. The van der Waals surface area contributed by atoms with Crippen molar-refractivity contribution in [2.75, 3.05) is 37.6 Å². The zero-order valence-electron chi connectivity index (χ0n) is 20.7. The van der Waals surface area contributed by atoms with Crippen LogP contribution in [0.25, 0.3) is 11.2 Å². The van der Waals surface area contributed by atoms with Crippen LogP contribution in [0, 0.1) is 0 Å². The Balaban J connectivity index is 1.94. The lowest BCUT2D eigenvalue weighted by molar-refractivity contribution is -0.130. The highest BCUT2D eigenvalue weighted by atomic mass is 16.2. The highest BCUT2D eigenvalue weighted by Crippen LogP contribution is 2.23. The summed E-state index contributed by atoms with van der Waals surface area (Å²) in [6.07, 6.45) is 3.97. The zero-order valence-corrected chi connectivity index (χ0v) is 20.7. The van der Waals surface area contributed by atoms with Crippen LogP contribution >= 0.6 is 0 Å². The number of carbonyl (C=O) groups excluding carboxylic acids is 1. The average molecular weight is 460 g/mol. The number of amides is 1. The minimum atomic E-state index is -0.390. The molecule has 33 heavy (non-hydrogen) atoms. The minimum Gasteiger partial charge on any atom is -0.342 e. The topological polar surface area (TPSA) is 97.4 Å². The van der Waals surface area contributed by atoms with Gasteiger partial charge >= 0.3 is 5.69 Å². The summed E-state index contributed by atoms with van der Waals surface area (Å²) in [6, 6.07) is 0.140. The lowest BCUT2D eigenvalue weighted by Crippen LogP contribution is -2.49. The molecular formula is C23H37N7O3. The first-order valence-electron chi connectivity index (χ1n) is 11.7. The smallest absolute Gasteiger partial charge is 0.332 e. The van der Waals surface area contributed by atoms with Crippen molar-refractivity contribution in [1.82, 2.24) is 28.9 Å². The fourth-order valence-electron chi connectivity index (χ4n) is 4.37. The Morgan fingerprint density at radius 1 is 1.18 bits per heavy atom. The molecule has 2 aromatic rings. The maximum atomic E-state index is 13.0. The molecule has 1 saturated heterocycles. The Morgan fingerprint density at radius 2 is 1.88 bits per heavy atom. The molecule has 1 aliphatic rings. The molecule has 1 aliphatic heterocycles. The van der Waals surface area contributed by atoms with E-state index < -0.39 is 0 Å². The average Bonchev–Trinajstić information content (AvgIpc) is 3.19. The van der Waals surface area contributed by atoms with E-state index in [1.165, 1.54) is 11.6 Å². The first kappa shape index (κ1) is 24.8. The van der Waals surface area contributed by atoms with Gasteiger partial charge in [-0.15, -0.1) is 0 Å². The number of hydrogen-bond donors (Lipinski definition) is 1. The number of fused-ring (bicyclic) bond motifs is 1. The molecule has 1 atom stereocenters. The number of imidazole rings is 1. The van der Waals surface area contributed by atoms with Gasteiger partial charge in [-0.2, -0.15) is 4.98 Å². The molecule has 2 aromatic heterocycles. The van der Waals surface area contributed by atoms with E-state index in [-0.39, 0.29) is 23.2 Å². The number of likely N-dealkylation sites (N-methyl/N-ethyl adjacent to an activating group) is 1. The number of carbonyl (C=O) groups is 1. The monoisotopic (exact) mass is 459 g/mol. The van der Waals surface area contributed by atoms with E-state index >= 15 is 0 Å². The van der Waals surface area contributed by atoms with Crippen molar-refractivity contribution in [3.8, 4) is 0 Å². The Hall–Kier alpha value is -2.88. The molecular weight excluding hydrogens is 422 g/mol. The fraction of sp³-hybridized carbons (Fsp3) is 0.652. The zero-order chi connectivity index (χ0) is 24.3. The first-order chi connectivity index (χ1) is 15.7. The summed E-state index contributed by atoms with van der Waals surface area (Å²) in [7, 11) is 3.14. The lowest BCUT2D eigenvalue weighted by Gasteiger charge is -2.34. The van der Waals surface area contributed by atoms with Crippen molar-refractivity contribution in [1.29, 1.82) is 0 Å². The van der Waals surface area contributed by atoms with E-state index in [0.29, 0.717) is 49.8 Å². The molecule has 0 aliphatic carbocycles. The molecule has 1 fully saturated rings. The normalized spacial score (nSPS) is 16.3. The van der Waals surface area contributed by atoms with Crippen LogP contribution in [-0.2, 0) is 25.4 Å². The molecule has 0 saturated carbocycles. The molecule has 1 N–H and O–H groups in total. The summed E-state index contributed by atoms with van der Waals surface area (Å²) in [5.74, 6) is 0.786. The molecule has 0 spiro atoms. The van der Waals surface area contributed by atoms with E-state index in [2.05, 4.69) is 16.3 Å². The minimum absolute atomic E-state index is 0.103. The van der Waals surface area contributed by atoms with Gasteiger partial charge < -0.3 is 19.7 Å². The molecule has 3 rings (SSSR count). The third-order valence-electron chi connectivity index (χ3n) is 6.37. The summed E-state index contributed by atoms with van der Waals surface area (Å²) in [6.45, 7) is 11.7. The Bertz CT molecular complexity index is 1150. The Kier molecular flexibility index (Phi) is 7.78. The molecule has 1 amide bonds. The molecule has 0 bridgehead atoms. The number of rotatable bonds is 8. The van der Waals surface area contributed by atoms with Gasteiger partial charge in [0.1, 0.15) is 0 Å². The first-order valence-corrected chi connectivity index (χ1v) is 11.7. The number of nitrogens with zero attached hydrogens (tertiary/aromatic N) is 6. The van der Waals surface area contributed by atoms with Crippen LogP contribution in [0.15, 0.2) is 21.2 Å². The number of aryl methyl sites for hydroxylation is 1. The third-order valence-corrected chi connectivity index (χ3v) is 6.37. The predicted molar refractivity (Wildman–Crippen MR) is 131 cm³/mol. The van der Waals surface area contributed by atoms with Crippen LogP contribution in [0.4, 0.5) is 5.95 Å². The highest BCUT2D eigenvalue weighted by molar-refractivity contribution is 5.78.